The minimum Gasteiger partial charge on any atom is -0.336 e. The van der Waals surface area contributed by atoms with Crippen LogP contribution in [0.1, 0.15) is 16.1 Å². The molecule has 22 heavy (non-hydrogen) atoms. The van der Waals surface area contributed by atoms with Crippen molar-refractivity contribution in [1.29, 1.82) is 0 Å². The zero-order valence-electron chi connectivity index (χ0n) is 13.0. The Kier molecular flexibility index (Phi) is 4.36. The molecular weight excluding hydrogens is 276 g/mol. The van der Waals surface area contributed by atoms with Crippen LogP contribution in [-0.4, -0.2) is 60.5 Å². The van der Waals surface area contributed by atoms with Crippen molar-refractivity contribution in [2.75, 3.05) is 39.8 Å². The number of likely N-dealkylation sites (N-methyl/N-ethyl adjacent to an activating group) is 1. The van der Waals surface area contributed by atoms with E-state index in [-0.39, 0.29) is 5.91 Å². The Bertz CT molecular complexity index is 677. The highest BCUT2D eigenvalue weighted by atomic mass is 16.2. The number of piperazine rings is 1. The van der Waals surface area contributed by atoms with Gasteiger partial charge in [0.15, 0.2) is 0 Å². The second kappa shape index (κ2) is 6.42. The first-order valence-corrected chi connectivity index (χ1v) is 7.75. The zero-order valence-corrected chi connectivity index (χ0v) is 13.0. The molecule has 0 aliphatic carbocycles. The Morgan fingerprint density at radius 3 is 2.68 bits per heavy atom. The summed E-state index contributed by atoms with van der Waals surface area (Å²) in [5.41, 5.74) is 8.22. The average molecular weight is 298 g/mol. The molecule has 1 aromatic carbocycles. The van der Waals surface area contributed by atoms with E-state index in [4.69, 9.17) is 5.73 Å². The Morgan fingerprint density at radius 1 is 1.18 bits per heavy atom. The maximum Gasteiger partial charge on any atom is 0.253 e. The van der Waals surface area contributed by atoms with E-state index < -0.39 is 0 Å². The number of aromatic nitrogens is 1. The van der Waals surface area contributed by atoms with Gasteiger partial charge in [-0.15, -0.1) is 0 Å². The van der Waals surface area contributed by atoms with Crippen LogP contribution < -0.4 is 5.73 Å². The molecule has 0 bridgehead atoms. The first-order chi connectivity index (χ1) is 10.7. The summed E-state index contributed by atoms with van der Waals surface area (Å²) in [6.45, 7) is 4.05. The van der Waals surface area contributed by atoms with Crippen LogP contribution in [0.4, 0.5) is 0 Å². The normalized spacial score (nSPS) is 16.2. The highest BCUT2D eigenvalue weighted by Gasteiger charge is 2.20. The lowest BCUT2D eigenvalue weighted by atomic mass is 10.1. The fourth-order valence-corrected chi connectivity index (χ4v) is 2.78. The summed E-state index contributed by atoms with van der Waals surface area (Å²) < 4.78 is 0. The summed E-state index contributed by atoms with van der Waals surface area (Å²) in [4.78, 5) is 21.3. The first-order valence-electron chi connectivity index (χ1n) is 7.75. The molecule has 1 aliphatic rings. The molecule has 1 amide bonds. The number of pyridine rings is 1. The van der Waals surface area contributed by atoms with E-state index in [0.29, 0.717) is 6.54 Å². The van der Waals surface area contributed by atoms with Gasteiger partial charge in [-0.3, -0.25) is 9.78 Å². The third kappa shape index (κ3) is 3.10. The van der Waals surface area contributed by atoms with E-state index in [1.807, 2.05) is 35.2 Å². The van der Waals surface area contributed by atoms with Gasteiger partial charge in [0.05, 0.1) is 5.52 Å². The second-order valence-corrected chi connectivity index (χ2v) is 5.84. The molecule has 0 saturated carbocycles. The van der Waals surface area contributed by atoms with Crippen molar-refractivity contribution in [3.63, 3.8) is 0 Å². The largest absolute Gasteiger partial charge is 0.336 e. The van der Waals surface area contributed by atoms with Crippen LogP contribution in [0.25, 0.3) is 10.9 Å². The molecule has 3 rings (SSSR count). The maximum absolute atomic E-state index is 12.6. The first kappa shape index (κ1) is 14.9. The van der Waals surface area contributed by atoms with E-state index in [1.165, 1.54) is 0 Å². The van der Waals surface area contributed by atoms with Crippen molar-refractivity contribution in [2.24, 2.45) is 5.73 Å². The van der Waals surface area contributed by atoms with Gasteiger partial charge < -0.3 is 15.5 Å². The molecule has 0 spiro atoms. The smallest absolute Gasteiger partial charge is 0.253 e. The molecule has 2 N–H and O–H groups in total. The minimum atomic E-state index is 0.112. The summed E-state index contributed by atoms with van der Waals surface area (Å²) >= 11 is 0. The van der Waals surface area contributed by atoms with Crippen LogP contribution >= 0.6 is 0 Å². The fourth-order valence-electron chi connectivity index (χ4n) is 2.78. The molecule has 5 heteroatoms. The molecule has 1 aromatic heterocycles. The Hall–Kier alpha value is -1.98. The molecule has 0 atom stereocenters. The molecule has 116 valence electrons. The van der Waals surface area contributed by atoms with Gasteiger partial charge in [-0.25, -0.2) is 0 Å². The van der Waals surface area contributed by atoms with E-state index in [2.05, 4.69) is 16.9 Å². The fraction of sp³-hybridized carbons (Fsp3) is 0.412. The molecule has 2 heterocycles. The third-order valence-corrected chi connectivity index (χ3v) is 4.18. The molecule has 0 radical (unpaired) electrons. The second-order valence-electron chi connectivity index (χ2n) is 5.84. The number of benzene rings is 1. The number of hydrogen-bond acceptors (Lipinski definition) is 4. The highest BCUT2D eigenvalue weighted by Crippen LogP contribution is 2.17. The van der Waals surface area contributed by atoms with Gasteiger partial charge in [-0.1, -0.05) is 6.07 Å². The number of rotatable bonds is 3. The van der Waals surface area contributed by atoms with Gasteiger partial charge in [0.1, 0.15) is 0 Å². The Labute approximate surface area is 130 Å². The summed E-state index contributed by atoms with van der Waals surface area (Å²) in [6.07, 6.45) is 0.776. The lowest BCUT2D eigenvalue weighted by Crippen LogP contribution is -2.47. The third-order valence-electron chi connectivity index (χ3n) is 4.18. The van der Waals surface area contributed by atoms with Gasteiger partial charge in [0.2, 0.25) is 0 Å². The molecule has 2 aromatic rings. The summed E-state index contributed by atoms with van der Waals surface area (Å²) in [6, 6.07) is 9.75. The number of carbonyl (C=O) groups is 1. The zero-order chi connectivity index (χ0) is 15.5. The maximum atomic E-state index is 12.6. The predicted octanol–water partition coefficient (Wildman–Crippen LogP) is 1.12. The average Bonchev–Trinajstić information content (AvgIpc) is 2.55. The van der Waals surface area contributed by atoms with E-state index in [1.54, 1.807) is 0 Å². The lowest BCUT2D eigenvalue weighted by molar-refractivity contribution is 0.0664. The number of fused-ring (bicyclic) bond motifs is 1. The van der Waals surface area contributed by atoms with Gasteiger partial charge in [0.25, 0.3) is 5.91 Å². The predicted molar refractivity (Wildman–Crippen MR) is 87.9 cm³/mol. The summed E-state index contributed by atoms with van der Waals surface area (Å²) in [7, 11) is 2.09. The summed E-state index contributed by atoms with van der Waals surface area (Å²) in [5.74, 6) is 0.112. The molecular formula is C17H22N4O. The van der Waals surface area contributed by atoms with Crippen molar-refractivity contribution in [1.82, 2.24) is 14.8 Å². The number of carbonyl (C=O) groups excluding carboxylic acids is 1. The number of nitrogens with two attached hydrogens (primary N) is 1. The van der Waals surface area contributed by atoms with Crippen LogP contribution in [0, 0.1) is 0 Å². The van der Waals surface area contributed by atoms with Crippen molar-refractivity contribution < 1.29 is 4.79 Å². The molecule has 1 aliphatic heterocycles. The van der Waals surface area contributed by atoms with E-state index in [0.717, 1.165) is 54.8 Å². The van der Waals surface area contributed by atoms with E-state index in [9.17, 15) is 4.79 Å². The highest BCUT2D eigenvalue weighted by molar-refractivity contribution is 5.98. The molecule has 1 saturated heterocycles. The van der Waals surface area contributed by atoms with Crippen molar-refractivity contribution in [3.8, 4) is 0 Å². The topological polar surface area (TPSA) is 62.5 Å². The van der Waals surface area contributed by atoms with Crippen LogP contribution in [0.5, 0.6) is 0 Å². The molecule has 5 nitrogen and oxygen atoms in total. The molecule has 1 fully saturated rings. The Morgan fingerprint density at radius 2 is 1.95 bits per heavy atom. The van der Waals surface area contributed by atoms with Crippen molar-refractivity contribution in [2.45, 2.75) is 6.42 Å². The van der Waals surface area contributed by atoms with Gasteiger partial charge >= 0.3 is 0 Å². The number of nitrogens with zero attached hydrogens (tertiary/aromatic N) is 3. The Balaban J connectivity index is 1.82. The molecule has 0 unspecified atom stereocenters. The summed E-state index contributed by atoms with van der Waals surface area (Å²) in [5, 5.41) is 1.00. The van der Waals surface area contributed by atoms with Crippen LogP contribution in [0.15, 0.2) is 30.3 Å². The quantitative estimate of drug-likeness (QED) is 0.922. The SMILES string of the molecule is CN1CCN(C(=O)c2ccc3nc(CCN)ccc3c2)CC1. The van der Waals surface area contributed by atoms with E-state index >= 15 is 0 Å². The monoisotopic (exact) mass is 298 g/mol. The van der Waals surface area contributed by atoms with Crippen LogP contribution in [-0.2, 0) is 6.42 Å². The van der Waals surface area contributed by atoms with Crippen LogP contribution in [0.3, 0.4) is 0 Å². The van der Waals surface area contributed by atoms with Gasteiger partial charge in [-0.05, 0) is 37.9 Å². The van der Waals surface area contributed by atoms with Gasteiger partial charge in [0, 0.05) is 49.2 Å². The minimum absolute atomic E-state index is 0.112. The van der Waals surface area contributed by atoms with Gasteiger partial charge in [-0.2, -0.15) is 0 Å². The number of hydrogen-bond donors (Lipinski definition) is 1. The van der Waals surface area contributed by atoms with Crippen LogP contribution in [0.2, 0.25) is 0 Å². The van der Waals surface area contributed by atoms with Crippen molar-refractivity contribution >= 4 is 16.8 Å². The standard InChI is InChI=1S/C17H22N4O/c1-20-8-10-21(11-9-20)17(22)14-3-5-16-13(12-14)2-4-15(19-16)6-7-18/h2-5,12H,6-11,18H2,1H3. The lowest BCUT2D eigenvalue weighted by Gasteiger charge is -2.32. The number of amides is 1. The van der Waals surface area contributed by atoms with Crippen molar-refractivity contribution in [3.05, 3.63) is 41.6 Å².